The van der Waals surface area contributed by atoms with Crippen molar-refractivity contribution in [3.8, 4) is 0 Å². The van der Waals surface area contributed by atoms with E-state index in [1.807, 2.05) is 0 Å². The van der Waals surface area contributed by atoms with Gasteiger partial charge in [-0.25, -0.2) is 0 Å². The fraction of sp³-hybridized carbons (Fsp3) is 0.571. The molecule has 1 fully saturated rings. The number of aliphatic carboxylic acids is 1. The second kappa shape index (κ2) is 2.81. The fourth-order valence-electron chi connectivity index (χ4n) is 1.26. The number of carboxylic acid groups (broad SMARTS) is 1. The number of likely N-dealkylation sites (N-methyl/N-ethyl adjacent to an activating group) is 1. The highest BCUT2D eigenvalue weighted by Crippen LogP contribution is 2.25. The molecule has 1 rings (SSSR count). The van der Waals surface area contributed by atoms with Crippen LogP contribution in [0.15, 0.2) is 0 Å². The van der Waals surface area contributed by atoms with Gasteiger partial charge in [-0.15, -0.1) is 0 Å². The van der Waals surface area contributed by atoms with Crippen molar-refractivity contribution in [2.75, 3.05) is 7.05 Å². The number of carboxylic acids is 1. The van der Waals surface area contributed by atoms with E-state index in [1.54, 1.807) is 0 Å². The van der Waals surface area contributed by atoms with E-state index in [0.717, 1.165) is 4.90 Å². The number of imide groups is 1. The van der Waals surface area contributed by atoms with Crippen LogP contribution in [0, 0.1) is 0 Å². The number of hydrogen-bond donors (Lipinski definition) is 2. The van der Waals surface area contributed by atoms with Crippen LogP contribution in [-0.4, -0.2) is 45.5 Å². The molecule has 1 atom stereocenters. The molecule has 2 N–H and O–H groups in total. The molecule has 1 unspecified atom stereocenters. The van der Waals surface area contributed by atoms with Gasteiger partial charge in [-0.2, -0.15) is 0 Å². The molecule has 2 amide bonds. The zero-order valence-electron chi connectivity index (χ0n) is 6.98. The maximum Gasteiger partial charge on any atom is 0.306 e. The summed E-state index contributed by atoms with van der Waals surface area (Å²) in [7, 11) is 1.21. The Morgan fingerprint density at radius 3 is 2.46 bits per heavy atom. The number of carbonyl (C=O) groups is 3. The molecule has 6 nitrogen and oxygen atoms in total. The lowest BCUT2D eigenvalue weighted by molar-refractivity contribution is -0.153. The highest BCUT2D eigenvalue weighted by molar-refractivity contribution is 6.08. The van der Waals surface area contributed by atoms with Crippen LogP contribution in [0.2, 0.25) is 0 Å². The van der Waals surface area contributed by atoms with E-state index >= 15 is 0 Å². The monoisotopic (exact) mass is 187 g/mol. The smallest absolute Gasteiger partial charge is 0.306 e. The summed E-state index contributed by atoms with van der Waals surface area (Å²) in [6.45, 7) is 0. The van der Waals surface area contributed by atoms with Crippen LogP contribution in [-0.2, 0) is 14.4 Å². The van der Waals surface area contributed by atoms with Crippen molar-refractivity contribution in [2.24, 2.45) is 0 Å². The normalized spacial score (nSPS) is 28.3. The molecule has 1 heterocycles. The number of nitrogens with zero attached hydrogens (tertiary/aromatic N) is 1. The first kappa shape index (κ1) is 9.66. The van der Waals surface area contributed by atoms with Crippen LogP contribution >= 0.6 is 0 Å². The molecule has 0 bridgehead atoms. The van der Waals surface area contributed by atoms with Gasteiger partial charge in [0.2, 0.25) is 5.91 Å². The maximum absolute atomic E-state index is 11.2. The first-order valence-electron chi connectivity index (χ1n) is 3.62. The average molecular weight is 187 g/mol. The molecule has 0 aromatic carbocycles. The van der Waals surface area contributed by atoms with Crippen molar-refractivity contribution < 1.29 is 24.6 Å². The summed E-state index contributed by atoms with van der Waals surface area (Å²) in [6.07, 6.45) is -1.18. The number of aliphatic hydroxyl groups is 1. The fourth-order valence-corrected chi connectivity index (χ4v) is 1.26. The molecule has 0 aromatic heterocycles. The van der Waals surface area contributed by atoms with E-state index < -0.39 is 36.2 Å². The maximum atomic E-state index is 11.2. The molecular formula is C7H9NO5. The zero-order chi connectivity index (χ0) is 10.2. The van der Waals surface area contributed by atoms with E-state index in [1.165, 1.54) is 7.05 Å². The Labute approximate surface area is 73.8 Å². The van der Waals surface area contributed by atoms with Gasteiger partial charge in [0.15, 0.2) is 5.60 Å². The van der Waals surface area contributed by atoms with Gasteiger partial charge >= 0.3 is 5.97 Å². The van der Waals surface area contributed by atoms with Crippen molar-refractivity contribution >= 4 is 17.8 Å². The quantitative estimate of drug-likeness (QED) is 0.517. The summed E-state index contributed by atoms with van der Waals surface area (Å²) < 4.78 is 0. The van der Waals surface area contributed by atoms with Gasteiger partial charge in [-0.1, -0.05) is 0 Å². The lowest BCUT2D eigenvalue weighted by atomic mass is 9.98. The summed E-state index contributed by atoms with van der Waals surface area (Å²) in [5.74, 6) is -2.72. The van der Waals surface area contributed by atoms with Gasteiger partial charge < -0.3 is 10.2 Å². The number of likely N-dealkylation sites (tertiary alicyclic amines) is 1. The van der Waals surface area contributed by atoms with Crippen LogP contribution in [0.1, 0.15) is 12.8 Å². The zero-order valence-corrected chi connectivity index (χ0v) is 6.98. The summed E-state index contributed by atoms with van der Waals surface area (Å²) >= 11 is 0. The largest absolute Gasteiger partial charge is 0.481 e. The summed E-state index contributed by atoms with van der Waals surface area (Å²) in [5, 5.41) is 17.9. The first-order chi connectivity index (χ1) is 5.87. The van der Waals surface area contributed by atoms with Crippen molar-refractivity contribution in [3.63, 3.8) is 0 Å². The van der Waals surface area contributed by atoms with E-state index in [-0.39, 0.29) is 0 Å². The van der Waals surface area contributed by atoms with Crippen LogP contribution in [0.4, 0.5) is 0 Å². The van der Waals surface area contributed by atoms with Crippen LogP contribution in [0.3, 0.4) is 0 Å². The lowest BCUT2D eigenvalue weighted by Gasteiger charge is -2.16. The lowest BCUT2D eigenvalue weighted by Crippen LogP contribution is -2.40. The number of carbonyl (C=O) groups excluding carboxylic acids is 2. The molecule has 72 valence electrons. The predicted molar refractivity (Wildman–Crippen MR) is 39.6 cm³/mol. The summed E-state index contributed by atoms with van der Waals surface area (Å²) in [4.78, 5) is 33.1. The molecule has 0 aliphatic carbocycles. The van der Waals surface area contributed by atoms with E-state index in [2.05, 4.69) is 0 Å². The third-order valence-electron chi connectivity index (χ3n) is 1.96. The Kier molecular flexibility index (Phi) is 2.09. The van der Waals surface area contributed by atoms with Crippen molar-refractivity contribution in [3.05, 3.63) is 0 Å². The van der Waals surface area contributed by atoms with Crippen molar-refractivity contribution in [1.29, 1.82) is 0 Å². The van der Waals surface area contributed by atoms with Crippen LogP contribution < -0.4 is 0 Å². The standard InChI is InChI=1S/C7H9NO5/c1-8-4(9)2-7(13,6(8)12)3-5(10)11/h13H,2-3H2,1H3,(H,10,11). The van der Waals surface area contributed by atoms with Gasteiger partial charge in [-0.05, 0) is 0 Å². The molecular weight excluding hydrogens is 178 g/mol. The molecule has 6 heteroatoms. The molecule has 13 heavy (non-hydrogen) atoms. The van der Waals surface area contributed by atoms with Crippen molar-refractivity contribution in [1.82, 2.24) is 4.90 Å². The van der Waals surface area contributed by atoms with Crippen LogP contribution in [0.5, 0.6) is 0 Å². The van der Waals surface area contributed by atoms with E-state index in [4.69, 9.17) is 5.11 Å². The first-order valence-corrected chi connectivity index (χ1v) is 3.62. The number of amides is 2. The number of rotatable bonds is 2. The molecule has 0 spiro atoms. The average Bonchev–Trinajstić information content (AvgIpc) is 2.14. The van der Waals surface area contributed by atoms with Gasteiger partial charge in [0.05, 0.1) is 12.8 Å². The summed E-state index contributed by atoms with van der Waals surface area (Å²) in [5.41, 5.74) is -2.04. The molecule has 0 saturated carbocycles. The minimum Gasteiger partial charge on any atom is -0.481 e. The third kappa shape index (κ3) is 1.52. The minimum atomic E-state index is -2.04. The highest BCUT2D eigenvalue weighted by Gasteiger charge is 2.50. The van der Waals surface area contributed by atoms with Crippen LogP contribution in [0.25, 0.3) is 0 Å². The number of hydrogen-bond acceptors (Lipinski definition) is 4. The Balaban J connectivity index is 2.87. The Hall–Kier alpha value is -1.43. The van der Waals surface area contributed by atoms with Gasteiger partial charge in [0.1, 0.15) is 0 Å². The highest BCUT2D eigenvalue weighted by atomic mass is 16.4. The second-order valence-electron chi connectivity index (χ2n) is 3.04. The molecule has 1 aliphatic heterocycles. The van der Waals surface area contributed by atoms with E-state index in [9.17, 15) is 19.5 Å². The molecule has 0 radical (unpaired) electrons. The SMILES string of the molecule is CN1C(=O)CC(O)(CC(=O)O)C1=O. The second-order valence-corrected chi connectivity index (χ2v) is 3.04. The minimum absolute atomic E-state index is 0.450. The predicted octanol–water partition coefficient (Wildman–Crippen LogP) is -1.42. The van der Waals surface area contributed by atoms with Gasteiger partial charge in [0.25, 0.3) is 5.91 Å². The van der Waals surface area contributed by atoms with Gasteiger partial charge in [0, 0.05) is 7.05 Å². The summed E-state index contributed by atoms with van der Waals surface area (Å²) in [6, 6.07) is 0. The molecule has 1 saturated heterocycles. The molecule has 1 aliphatic rings. The van der Waals surface area contributed by atoms with E-state index in [0.29, 0.717) is 0 Å². The topological polar surface area (TPSA) is 94.9 Å². The Morgan fingerprint density at radius 2 is 2.15 bits per heavy atom. The third-order valence-corrected chi connectivity index (χ3v) is 1.96. The van der Waals surface area contributed by atoms with Gasteiger partial charge in [-0.3, -0.25) is 19.3 Å². The Morgan fingerprint density at radius 1 is 1.62 bits per heavy atom. The Bertz CT molecular complexity index is 283. The van der Waals surface area contributed by atoms with Crippen molar-refractivity contribution in [2.45, 2.75) is 18.4 Å². The molecule has 0 aromatic rings.